The van der Waals surface area contributed by atoms with Crippen LogP contribution in [0.25, 0.3) is 11.3 Å². The van der Waals surface area contributed by atoms with Crippen LogP contribution in [-0.2, 0) is 6.54 Å². The van der Waals surface area contributed by atoms with Crippen LogP contribution in [0.5, 0.6) is 5.75 Å². The van der Waals surface area contributed by atoms with Crippen LogP contribution in [0, 0.1) is 0 Å². The minimum Gasteiger partial charge on any atom is -0.496 e. The summed E-state index contributed by atoms with van der Waals surface area (Å²) in [6, 6.07) is 12.9. The number of nitrogens with zero attached hydrogens (tertiary/aromatic N) is 1. The highest BCUT2D eigenvalue weighted by atomic mass is 16.5. The number of hydrogen-bond donors (Lipinski definition) is 1. The molecule has 2 saturated carbocycles. The van der Waals surface area contributed by atoms with Gasteiger partial charge in [0.25, 0.3) is 5.56 Å². The van der Waals surface area contributed by atoms with Crippen molar-refractivity contribution in [2.24, 2.45) is 0 Å². The van der Waals surface area contributed by atoms with Gasteiger partial charge in [-0.15, -0.1) is 0 Å². The summed E-state index contributed by atoms with van der Waals surface area (Å²) in [6.45, 7) is 0.669. The van der Waals surface area contributed by atoms with E-state index in [9.17, 15) is 4.79 Å². The average molecular weight is 310 g/mol. The van der Waals surface area contributed by atoms with E-state index in [1.165, 1.54) is 12.8 Å². The van der Waals surface area contributed by atoms with Gasteiger partial charge < -0.3 is 14.6 Å². The smallest absolute Gasteiger partial charge is 0.255 e. The first kappa shape index (κ1) is 14.5. The Morgan fingerprint density at radius 3 is 2.61 bits per heavy atom. The van der Waals surface area contributed by atoms with Gasteiger partial charge in [0, 0.05) is 29.8 Å². The first-order valence-corrected chi connectivity index (χ1v) is 8.39. The molecule has 23 heavy (non-hydrogen) atoms. The summed E-state index contributed by atoms with van der Waals surface area (Å²) in [5.74, 6) is 0.810. The van der Waals surface area contributed by atoms with Gasteiger partial charge in [0.1, 0.15) is 5.75 Å². The Hall–Kier alpha value is -2.07. The lowest BCUT2D eigenvalue weighted by Crippen LogP contribution is -2.28. The highest BCUT2D eigenvalue weighted by Crippen LogP contribution is 2.39. The molecule has 0 bridgehead atoms. The number of pyridine rings is 1. The molecule has 2 fully saturated rings. The van der Waals surface area contributed by atoms with Crippen molar-refractivity contribution in [1.82, 2.24) is 9.88 Å². The number of ether oxygens (including phenoxy) is 1. The van der Waals surface area contributed by atoms with E-state index in [1.54, 1.807) is 7.11 Å². The molecule has 2 aromatic rings. The SMILES string of the molecule is COc1ccccc1-c1ccc(CNC2CC2)c(=O)n1C1CC1. The molecule has 120 valence electrons. The van der Waals surface area contributed by atoms with E-state index < -0.39 is 0 Å². The molecule has 0 saturated heterocycles. The molecule has 0 spiro atoms. The molecule has 1 aromatic carbocycles. The van der Waals surface area contributed by atoms with Crippen molar-refractivity contribution in [2.75, 3.05) is 7.11 Å². The summed E-state index contributed by atoms with van der Waals surface area (Å²) in [7, 11) is 1.67. The molecule has 1 N–H and O–H groups in total. The van der Waals surface area contributed by atoms with Gasteiger partial charge in [-0.05, 0) is 43.9 Å². The topological polar surface area (TPSA) is 43.3 Å². The second kappa shape index (κ2) is 5.85. The Bertz CT molecular complexity index is 773. The summed E-state index contributed by atoms with van der Waals surface area (Å²) in [5.41, 5.74) is 2.96. The van der Waals surface area contributed by atoms with Crippen LogP contribution in [0.3, 0.4) is 0 Å². The molecule has 0 amide bonds. The molecule has 0 atom stereocenters. The van der Waals surface area contributed by atoms with Gasteiger partial charge in [0.15, 0.2) is 0 Å². The first-order valence-electron chi connectivity index (χ1n) is 8.39. The number of nitrogens with one attached hydrogen (secondary N) is 1. The van der Waals surface area contributed by atoms with E-state index in [2.05, 4.69) is 11.4 Å². The number of rotatable bonds is 6. The molecule has 0 unspecified atom stereocenters. The Morgan fingerprint density at radius 1 is 1.13 bits per heavy atom. The molecule has 0 aliphatic heterocycles. The van der Waals surface area contributed by atoms with Gasteiger partial charge in [0.2, 0.25) is 0 Å². The van der Waals surface area contributed by atoms with E-state index in [4.69, 9.17) is 4.74 Å². The lowest BCUT2D eigenvalue weighted by atomic mass is 10.1. The minimum absolute atomic E-state index is 0.143. The van der Waals surface area contributed by atoms with Crippen molar-refractivity contribution >= 4 is 0 Å². The summed E-state index contributed by atoms with van der Waals surface area (Å²) in [6.07, 6.45) is 4.63. The molecule has 4 nitrogen and oxygen atoms in total. The quantitative estimate of drug-likeness (QED) is 0.891. The number of aromatic nitrogens is 1. The van der Waals surface area contributed by atoms with Crippen LogP contribution in [0.4, 0.5) is 0 Å². The van der Waals surface area contributed by atoms with Crippen LogP contribution in [0.2, 0.25) is 0 Å². The third-order valence-corrected chi connectivity index (χ3v) is 4.65. The zero-order valence-electron chi connectivity index (χ0n) is 13.4. The number of benzene rings is 1. The van der Waals surface area contributed by atoms with Crippen LogP contribution in [-0.4, -0.2) is 17.7 Å². The molecule has 2 aliphatic rings. The Morgan fingerprint density at radius 2 is 1.91 bits per heavy atom. The molecule has 4 rings (SSSR count). The van der Waals surface area contributed by atoms with E-state index in [-0.39, 0.29) is 5.56 Å². The van der Waals surface area contributed by atoms with Gasteiger partial charge in [-0.2, -0.15) is 0 Å². The van der Waals surface area contributed by atoms with E-state index in [1.807, 2.05) is 34.9 Å². The maximum absolute atomic E-state index is 13.0. The van der Waals surface area contributed by atoms with Crippen molar-refractivity contribution in [3.05, 3.63) is 52.3 Å². The third kappa shape index (κ3) is 2.91. The standard InChI is InChI=1S/C19H22N2O2/c1-23-18-5-3-2-4-16(18)17-11-6-13(12-20-14-7-8-14)19(22)21(17)15-9-10-15/h2-6,11,14-15,20H,7-10,12H2,1H3. The van der Waals surface area contributed by atoms with Crippen molar-refractivity contribution in [2.45, 2.75) is 44.3 Å². The normalized spacial score (nSPS) is 17.3. The summed E-state index contributed by atoms with van der Waals surface area (Å²) >= 11 is 0. The summed E-state index contributed by atoms with van der Waals surface area (Å²) < 4.78 is 7.46. The number of methoxy groups -OCH3 is 1. The maximum atomic E-state index is 13.0. The Balaban J connectivity index is 1.77. The Kier molecular flexibility index (Phi) is 3.69. The zero-order chi connectivity index (χ0) is 15.8. The average Bonchev–Trinajstić information content (AvgIpc) is 3.47. The lowest BCUT2D eigenvalue weighted by Gasteiger charge is -2.16. The fraction of sp³-hybridized carbons (Fsp3) is 0.421. The summed E-state index contributed by atoms with van der Waals surface area (Å²) in [4.78, 5) is 13.0. The minimum atomic E-state index is 0.143. The molecule has 2 aliphatic carbocycles. The number of para-hydroxylation sites is 1. The monoisotopic (exact) mass is 310 g/mol. The van der Waals surface area contributed by atoms with Crippen LogP contribution >= 0.6 is 0 Å². The maximum Gasteiger partial charge on any atom is 0.255 e. The van der Waals surface area contributed by atoms with Crippen LogP contribution in [0.1, 0.15) is 37.3 Å². The molecule has 4 heteroatoms. The molecular formula is C19H22N2O2. The lowest BCUT2D eigenvalue weighted by molar-refractivity contribution is 0.416. The van der Waals surface area contributed by atoms with Crippen molar-refractivity contribution < 1.29 is 4.74 Å². The van der Waals surface area contributed by atoms with E-state index in [0.29, 0.717) is 18.6 Å². The Labute approximate surface area is 136 Å². The molecule has 1 aromatic heterocycles. The van der Waals surface area contributed by atoms with E-state index >= 15 is 0 Å². The fourth-order valence-electron chi connectivity index (χ4n) is 3.04. The van der Waals surface area contributed by atoms with Crippen molar-refractivity contribution in [1.29, 1.82) is 0 Å². The molecule has 1 heterocycles. The molecular weight excluding hydrogens is 288 g/mol. The van der Waals surface area contributed by atoms with Gasteiger partial charge >= 0.3 is 0 Å². The molecule has 0 radical (unpaired) electrons. The van der Waals surface area contributed by atoms with Crippen molar-refractivity contribution in [3.8, 4) is 17.0 Å². The fourth-order valence-corrected chi connectivity index (χ4v) is 3.04. The second-order valence-corrected chi connectivity index (χ2v) is 6.51. The van der Waals surface area contributed by atoms with Gasteiger partial charge in [0.05, 0.1) is 12.8 Å². The van der Waals surface area contributed by atoms with E-state index in [0.717, 1.165) is 35.4 Å². The van der Waals surface area contributed by atoms with Gasteiger partial charge in [-0.3, -0.25) is 4.79 Å². The van der Waals surface area contributed by atoms with Crippen LogP contribution in [0.15, 0.2) is 41.2 Å². The predicted molar refractivity (Wildman–Crippen MR) is 90.8 cm³/mol. The third-order valence-electron chi connectivity index (χ3n) is 4.65. The first-order chi connectivity index (χ1) is 11.3. The summed E-state index contributed by atoms with van der Waals surface area (Å²) in [5, 5.41) is 3.44. The zero-order valence-corrected chi connectivity index (χ0v) is 13.4. The second-order valence-electron chi connectivity index (χ2n) is 6.51. The predicted octanol–water partition coefficient (Wildman–Crippen LogP) is 3.11. The van der Waals surface area contributed by atoms with Crippen LogP contribution < -0.4 is 15.6 Å². The number of hydrogen-bond acceptors (Lipinski definition) is 3. The largest absolute Gasteiger partial charge is 0.496 e. The highest BCUT2D eigenvalue weighted by Gasteiger charge is 2.29. The van der Waals surface area contributed by atoms with Gasteiger partial charge in [-0.1, -0.05) is 18.2 Å². The van der Waals surface area contributed by atoms with Gasteiger partial charge in [-0.25, -0.2) is 0 Å². The van der Waals surface area contributed by atoms with Crippen molar-refractivity contribution in [3.63, 3.8) is 0 Å². The highest BCUT2D eigenvalue weighted by molar-refractivity contribution is 5.68.